The summed E-state index contributed by atoms with van der Waals surface area (Å²) in [5, 5.41) is 8.42. The molecule has 0 N–H and O–H groups in total. The Labute approximate surface area is 170 Å². The predicted octanol–water partition coefficient (Wildman–Crippen LogP) is 7.17. The van der Waals surface area contributed by atoms with Crippen molar-refractivity contribution in [1.82, 2.24) is 0 Å². The standard InChI is InChI=1S/C26H34N2/c1-3-5-6-22-7-9-23(10-8-22)19-27-28-20-24-13-17-26(18-14-24)25-15-11-21(4-2)12-16-25/h7-10,13-14,17-21,25H,3-6,11-12,15-16H2,1-2H3/t21-,25-. The summed E-state index contributed by atoms with van der Waals surface area (Å²) in [5.74, 6) is 1.69. The second kappa shape index (κ2) is 10.9. The van der Waals surface area contributed by atoms with Gasteiger partial charge in [-0.1, -0.05) is 75.2 Å². The first-order valence-electron chi connectivity index (χ1n) is 11.0. The van der Waals surface area contributed by atoms with Gasteiger partial charge in [-0.3, -0.25) is 0 Å². The molecule has 28 heavy (non-hydrogen) atoms. The van der Waals surface area contributed by atoms with E-state index >= 15 is 0 Å². The number of unbranched alkanes of at least 4 members (excludes halogenated alkanes) is 1. The highest BCUT2D eigenvalue weighted by molar-refractivity contribution is 5.82. The van der Waals surface area contributed by atoms with Crippen LogP contribution < -0.4 is 0 Å². The zero-order valence-electron chi connectivity index (χ0n) is 17.5. The van der Waals surface area contributed by atoms with Crippen LogP contribution in [0.3, 0.4) is 0 Å². The van der Waals surface area contributed by atoms with E-state index < -0.39 is 0 Å². The molecular weight excluding hydrogens is 340 g/mol. The zero-order chi connectivity index (χ0) is 19.6. The lowest BCUT2D eigenvalue weighted by Crippen LogP contribution is -2.12. The van der Waals surface area contributed by atoms with E-state index in [0.29, 0.717) is 0 Å². The van der Waals surface area contributed by atoms with E-state index in [4.69, 9.17) is 0 Å². The lowest BCUT2D eigenvalue weighted by atomic mass is 9.78. The number of rotatable bonds is 8. The number of hydrogen-bond acceptors (Lipinski definition) is 2. The molecule has 0 amide bonds. The maximum Gasteiger partial charge on any atom is 0.0568 e. The Hall–Kier alpha value is -2.22. The lowest BCUT2D eigenvalue weighted by Gasteiger charge is -2.28. The molecular formula is C26H34N2. The maximum absolute atomic E-state index is 4.22. The molecule has 1 saturated carbocycles. The topological polar surface area (TPSA) is 24.7 Å². The van der Waals surface area contributed by atoms with Gasteiger partial charge in [0.05, 0.1) is 12.4 Å². The first-order chi connectivity index (χ1) is 13.8. The SMILES string of the molecule is CCCCc1ccc(C=NN=Cc2ccc([C@H]3CC[C@H](CC)CC3)cc2)cc1. The first kappa shape index (κ1) is 20.5. The van der Waals surface area contributed by atoms with Crippen LogP contribution in [0.1, 0.15) is 87.0 Å². The molecule has 0 aliphatic heterocycles. The van der Waals surface area contributed by atoms with E-state index in [0.717, 1.165) is 29.4 Å². The maximum atomic E-state index is 4.22. The number of nitrogens with zero attached hydrogens (tertiary/aromatic N) is 2. The highest BCUT2D eigenvalue weighted by atomic mass is 15.2. The highest BCUT2D eigenvalue weighted by Crippen LogP contribution is 2.36. The largest absolute Gasteiger partial charge is 0.159 e. The van der Waals surface area contributed by atoms with Crippen molar-refractivity contribution in [3.8, 4) is 0 Å². The monoisotopic (exact) mass is 374 g/mol. The van der Waals surface area contributed by atoms with E-state index in [1.807, 2.05) is 12.4 Å². The van der Waals surface area contributed by atoms with Crippen molar-refractivity contribution in [3.63, 3.8) is 0 Å². The third-order valence-electron chi connectivity index (χ3n) is 6.11. The van der Waals surface area contributed by atoms with Crippen LogP contribution in [0, 0.1) is 5.92 Å². The molecule has 2 aromatic carbocycles. The Morgan fingerprint density at radius 2 is 1.36 bits per heavy atom. The van der Waals surface area contributed by atoms with Gasteiger partial charge >= 0.3 is 0 Å². The highest BCUT2D eigenvalue weighted by Gasteiger charge is 2.20. The molecule has 2 aromatic rings. The van der Waals surface area contributed by atoms with E-state index in [2.05, 4.69) is 72.6 Å². The predicted molar refractivity (Wildman–Crippen MR) is 122 cm³/mol. The van der Waals surface area contributed by atoms with Crippen molar-refractivity contribution in [2.24, 2.45) is 16.1 Å². The Kier molecular flexibility index (Phi) is 8.02. The average Bonchev–Trinajstić information content (AvgIpc) is 2.76. The third-order valence-corrected chi connectivity index (χ3v) is 6.11. The second-order valence-corrected chi connectivity index (χ2v) is 8.13. The molecule has 1 aliphatic rings. The minimum absolute atomic E-state index is 0.743. The summed E-state index contributed by atoms with van der Waals surface area (Å²) < 4.78 is 0. The van der Waals surface area contributed by atoms with Crippen molar-refractivity contribution in [2.45, 2.75) is 71.1 Å². The van der Waals surface area contributed by atoms with Gasteiger partial charge in [0.15, 0.2) is 0 Å². The van der Waals surface area contributed by atoms with Crippen LogP contribution in [0.2, 0.25) is 0 Å². The Morgan fingerprint density at radius 1 is 0.786 bits per heavy atom. The smallest absolute Gasteiger partial charge is 0.0568 e. The van der Waals surface area contributed by atoms with Gasteiger partial charge in [-0.2, -0.15) is 10.2 Å². The van der Waals surface area contributed by atoms with E-state index in [9.17, 15) is 0 Å². The summed E-state index contributed by atoms with van der Waals surface area (Å²) in [5.41, 5.74) is 5.08. The molecule has 0 bridgehead atoms. The lowest BCUT2D eigenvalue weighted by molar-refractivity contribution is 0.319. The van der Waals surface area contributed by atoms with Crippen molar-refractivity contribution < 1.29 is 0 Å². The quantitative estimate of drug-likeness (QED) is 0.346. The minimum atomic E-state index is 0.743. The van der Waals surface area contributed by atoms with Gasteiger partial charge in [0, 0.05) is 0 Å². The summed E-state index contributed by atoms with van der Waals surface area (Å²) in [6.07, 6.45) is 14.1. The van der Waals surface area contributed by atoms with Crippen LogP contribution in [0.4, 0.5) is 0 Å². The van der Waals surface area contributed by atoms with E-state index in [1.165, 1.54) is 56.1 Å². The zero-order valence-corrected chi connectivity index (χ0v) is 17.5. The van der Waals surface area contributed by atoms with Crippen LogP contribution in [0.5, 0.6) is 0 Å². The Bertz CT molecular complexity index is 748. The fourth-order valence-corrected chi connectivity index (χ4v) is 4.11. The molecule has 0 spiro atoms. The van der Waals surface area contributed by atoms with Gasteiger partial charge in [0.25, 0.3) is 0 Å². The molecule has 0 saturated heterocycles. The molecule has 1 aliphatic carbocycles. The number of hydrogen-bond donors (Lipinski definition) is 0. The van der Waals surface area contributed by atoms with Gasteiger partial charge in [-0.15, -0.1) is 0 Å². The Morgan fingerprint density at radius 3 is 1.89 bits per heavy atom. The van der Waals surface area contributed by atoms with Gasteiger partial charge in [0.2, 0.25) is 0 Å². The van der Waals surface area contributed by atoms with Crippen LogP contribution in [0.25, 0.3) is 0 Å². The third kappa shape index (κ3) is 6.15. The molecule has 2 heteroatoms. The van der Waals surface area contributed by atoms with Gasteiger partial charge in [-0.05, 0) is 72.6 Å². The van der Waals surface area contributed by atoms with Crippen molar-refractivity contribution in [1.29, 1.82) is 0 Å². The average molecular weight is 375 g/mol. The van der Waals surface area contributed by atoms with Gasteiger partial charge in [0.1, 0.15) is 0 Å². The summed E-state index contributed by atoms with van der Waals surface area (Å²) in [6.45, 7) is 4.55. The van der Waals surface area contributed by atoms with Crippen LogP contribution in [-0.2, 0) is 6.42 Å². The molecule has 0 heterocycles. The number of aryl methyl sites for hydroxylation is 1. The van der Waals surface area contributed by atoms with Crippen LogP contribution in [0.15, 0.2) is 58.7 Å². The normalized spacial score (nSPS) is 20.2. The molecule has 0 aromatic heterocycles. The molecule has 2 nitrogen and oxygen atoms in total. The van der Waals surface area contributed by atoms with Crippen molar-refractivity contribution >= 4 is 12.4 Å². The summed E-state index contributed by atoms with van der Waals surface area (Å²) >= 11 is 0. The van der Waals surface area contributed by atoms with Crippen LogP contribution in [-0.4, -0.2) is 12.4 Å². The van der Waals surface area contributed by atoms with Crippen molar-refractivity contribution in [3.05, 3.63) is 70.8 Å². The first-order valence-corrected chi connectivity index (χ1v) is 11.0. The molecule has 1 fully saturated rings. The summed E-state index contributed by atoms with van der Waals surface area (Å²) in [4.78, 5) is 0. The fraction of sp³-hybridized carbons (Fsp3) is 0.462. The number of benzene rings is 2. The molecule has 0 atom stereocenters. The summed E-state index contributed by atoms with van der Waals surface area (Å²) in [6, 6.07) is 17.5. The van der Waals surface area contributed by atoms with Crippen molar-refractivity contribution in [2.75, 3.05) is 0 Å². The summed E-state index contributed by atoms with van der Waals surface area (Å²) in [7, 11) is 0. The Balaban J connectivity index is 1.49. The molecule has 0 radical (unpaired) electrons. The van der Waals surface area contributed by atoms with E-state index in [1.54, 1.807) is 0 Å². The minimum Gasteiger partial charge on any atom is -0.159 e. The molecule has 148 valence electrons. The molecule has 3 rings (SSSR count). The fourth-order valence-electron chi connectivity index (χ4n) is 4.11. The van der Waals surface area contributed by atoms with Gasteiger partial charge in [-0.25, -0.2) is 0 Å². The van der Waals surface area contributed by atoms with Gasteiger partial charge < -0.3 is 0 Å². The molecule has 0 unspecified atom stereocenters. The van der Waals surface area contributed by atoms with E-state index in [-0.39, 0.29) is 0 Å². The van der Waals surface area contributed by atoms with Crippen LogP contribution >= 0.6 is 0 Å². The second-order valence-electron chi connectivity index (χ2n) is 8.13.